The maximum Gasteiger partial charge on any atom is 0.340 e. The molecule has 0 unspecified atom stereocenters. The Morgan fingerprint density at radius 3 is 2.76 bits per heavy atom. The van der Waals surface area contributed by atoms with Gasteiger partial charge in [-0.25, -0.2) is 4.79 Å². The summed E-state index contributed by atoms with van der Waals surface area (Å²) >= 11 is 0. The van der Waals surface area contributed by atoms with Gasteiger partial charge in [0.05, 0.1) is 24.7 Å². The van der Waals surface area contributed by atoms with Crippen LogP contribution in [0, 0.1) is 11.3 Å². The summed E-state index contributed by atoms with van der Waals surface area (Å²) in [7, 11) is 0. The van der Waals surface area contributed by atoms with Gasteiger partial charge in [-0.15, -0.1) is 0 Å². The number of ether oxygens (including phenoxy) is 1. The lowest BCUT2D eigenvalue weighted by Crippen LogP contribution is -2.29. The molecule has 0 aromatic heterocycles. The fourth-order valence-corrected chi connectivity index (χ4v) is 1.52. The SMILES string of the molecule is N#CCCNC(=O)COC(=O)c1ccccc1NCCO. The molecule has 1 rings (SSSR count). The molecule has 7 nitrogen and oxygen atoms in total. The predicted octanol–water partition coefficient (Wildman–Crippen LogP) is 0.277. The van der Waals surface area contributed by atoms with Gasteiger partial charge < -0.3 is 20.5 Å². The van der Waals surface area contributed by atoms with Crippen LogP contribution < -0.4 is 10.6 Å². The minimum absolute atomic E-state index is 0.0648. The Balaban J connectivity index is 2.52. The number of carbonyl (C=O) groups is 2. The second-order valence-corrected chi connectivity index (χ2v) is 4.03. The molecule has 0 heterocycles. The third kappa shape index (κ3) is 5.93. The Bertz CT molecular complexity index is 525. The number of hydrogen-bond donors (Lipinski definition) is 3. The number of rotatable bonds is 8. The number of benzene rings is 1. The Hall–Kier alpha value is -2.59. The normalized spacial score (nSPS) is 9.52. The van der Waals surface area contributed by atoms with E-state index in [0.717, 1.165) is 0 Å². The summed E-state index contributed by atoms with van der Waals surface area (Å²) in [5, 5.41) is 22.5. The van der Waals surface area contributed by atoms with E-state index in [4.69, 9.17) is 15.1 Å². The number of aliphatic hydroxyl groups excluding tert-OH is 1. The van der Waals surface area contributed by atoms with Gasteiger partial charge in [0.1, 0.15) is 0 Å². The van der Waals surface area contributed by atoms with E-state index in [1.807, 2.05) is 6.07 Å². The summed E-state index contributed by atoms with van der Waals surface area (Å²) in [4.78, 5) is 23.3. The first-order chi connectivity index (χ1) is 10.2. The summed E-state index contributed by atoms with van der Waals surface area (Å²) in [5.74, 6) is -1.09. The lowest BCUT2D eigenvalue weighted by Gasteiger charge is -2.10. The second kappa shape index (κ2) is 9.34. The molecule has 0 saturated carbocycles. The number of aliphatic hydroxyl groups is 1. The summed E-state index contributed by atoms with van der Waals surface area (Å²) in [6.45, 7) is 0.0593. The fourth-order valence-electron chi connectivity index (χ4n) is 1.52. The molecule has 1 aromatic carbocycles. The van der Waals surface area contributed by atoms with Crippen molar-refractivity contribution in [2.75, 3.05) is 31.6 Å². The first-order valence-electron chi connectivity index (χ1n) is 6.43. The summed E-state index contributed by atoms with van der Waals surface area (Å²) in [6.07, 6.45) is 0.202. The Morgan fingerprint density at radius 2 is 2.05 bits per heavy atom. The van der Waals surface area contributed by atoms with Crippen molar-refractivity contribution in [1.29, 1.82) is 5.26 Å². The van der Waals surface area contributed by atoms with Crippen LogP contribution in [0.5, 0.6) is 0 Å². The zero-order valence-electron chi connectivity index (χ0n) is 11.5. The van der Waals surface area contributed by atoms with Gasteiger partial charge >= 0.3 is 5.97 Å². The van der Waals surface area contributed by atoms with Gasteiger partial charge in [-0.05, 0) is 12.1 Å². The first-order valence-corrected chi connectivity index (χ1v) is 6.43. The minimum Gasteiger partial charge on any atom is -0.452 e. The number of nitriles is 1. The van der Waals surface area contributed by atoms with Crippen molar-refractivity contribution in [1.82, 2.24) is 5.32 Å². The van der Waals surface area contributed by atoms with Crippen molar-refractivity contribution in [3.63, 3.8) is 0 Å². The molecule has 0 aliphatic rings. The van der Waals surface area contributed by atoms with Crippen LogP contribution in [0.2, 0.25) is 0 Å². The van der Waals surface area contributed by atoms with Gasteiger partial charge in [0.15, 0.2) is 6.61 Å². The van der Waals surface area contributed by atoms with E-state index in [1.165, 1.54) is 0 Å². The number of anilines is 1. The van der Waals surface area contributed by atoms with E-state index >= 15 is 0 Å². The molecule has 0 atom stereocenters. The molecule has 0 bridgehead atoms. The van der Waals surface area contributed by atoms with Crippen LogP contribution in [0.1, 0.15) is 16.8 Å². The molecule has 0 fully saturated rings. The van der Waals surface area contributed by atoms with Crippen LogP contribution in [0.3, 0.4) is 0 Å². The summed E-state index contributed by atoms with van der Waals surface area (Å²) in [6, 6.07) is 8.55. The third-order valence-corrected chi connectivity index (χ3v) is 2.47. The third-order valence-electron chi connectivity index (χ3n) is 2.47. The standard InChI is InChI=1S/C14H17N3O4/c15-6-3-7-17-13(19)10-21-14(20)11-4-1-2-5-12(11)16-8-9-18/h1-2,4-5,16,18H,3,7-10H2,(H,17,19). The van der Waals surface area contributed by atoms with Crippen LogP contribution in [-0.4, -0.2) is 43.3 Å². The van der Waals surface area contributed by atoms with Crippen LogP contribution in [0.15, 0.2) is 24.3 Å². The van der Waals surface area contributed by atoms with E-state index in [2.05, 4.69) is 10.6 Å². The summed E-state index contributed by atoms with van der Waals surface area (Å²) in [5.41, 5.74) is 0.817. The molecule has 0 saturated heterocycles. The summed E-state index contributed by atoms with van der Waals surface area (Å²) < 4.78 is 4.90. The van der Waals surface area contributed by atoms with Gasteiger partial charge in [0, 0.05) is 18.8 Å². The molecule has 0 spiro atoms. The van der Waals surface area contributed by atoms with E-state index in [9.17, 15) is 9.59 Å². The Morgan fingerprint density at radius 1 is 1.29 bits per heavy atom. The topological polar surface area (TPSA) is 111 Å². The molecule has 112 valence electrons. The van der Waals surface area contributed by atoms with E-state index in [0.29, 0.717) is 12.2 Å². The first kappa shape index (κ1) is 16.5. The van der Waals surface area contributed by atoms with Crippen molar-refractivity contribution >= 4 is 17.6 Å². The highest BCUT2D eigenvalue weighted by Crippen LogP contribution is 2.15. The van der Waals surface area contributed by atoms with E-state index in [-0.39, 0.29) is 25.1 Å². The molecular formula is C14H17N3O4. The van der Waals surface area contributed by atoms with Crippen molar-refractivity contribution < 1.29 is 19.4 Å². The highest BCUT2D eigenvalue weighted by molar-refractivity contribution is 5.96. The zero-order chi connectivity index (χ0) is 15.5. The van der Waals surface area contributed by atoms with Gasteiger partial charge in [-0.2, -0.15) is 5.26 Å². The van der Waals surface area contributed by atoms with Gasteiger partial charge in [0.2, 0.25) is 0 Å². The average Bonchev–Trinajstić information content (AvgIpc) is 2.51. The second-order valence-electron chi connectivity index (χ2n) is 4.03. The monoisotopic (exact) mass is 291 g/mol. The number of para-hydroxylation sites is 1. The fraction of sp³-hybridized carbons (Fsp3) is 0.357. The Kier molecular flexibility index (Phi) is 7.32. The number of esters is 1. The van der Waals surface area contributed by atoms with Gasteiger partial charge in [-0.1, -0.05) is 12.1 Å². The molecule has 7 heteroatoms. The van der Waals surface area contributed by atoms with E-state index in [1.54, 1.807) is 24.3 Å². The van der Waals surface area contributed by atoms with Gasteiger partial charge in [0.25, 0.3) is 5.91 Å². The van der Waals surface area contributed by atoms with E-state index < -0.39 is 18.5 Å². The number of nitrogens with one attached hydrogen (secondary N) is 2. The Labute approximate surface area is 122 Å². The van der Waals surface area contributed by atoms with Crippen LogP contribution in [-0.2, 0) is 9.53 Å². The number of carbonyl (C=O) groups excluding carboxylic acids is 2. The molecule has 1 amide bonds. The van der Waals surface area contributed by atoms with Crippen molar-refractivity contribution in [3.05, 3.63) is 29.8 Å². The van der Waals surface area contributed by atoms with Crippen molar-refractivity contribution in [3.8, 4) is 6.07 Å². The quantitative estimate of drug-likeness (QED) is 0.468. The highest BCUT2D eigenvalue weighted by atomic mass is 16.5. The zero-order valence-corrected chi connectivity index (χ0v) is 11.5. The molecule has 1 aromatic rings. The molecular weight excluding hydrogens is 274 g/mol. The minimum atomic E-state index is -0.633. The predicted molar refractivity (Wildman–Crippen MR) is 75.5 cm³/mol. The van der Waals surface area contributed by atoms with Crippen molar-refractivity contribution in [2.24, 2.45) is 0 Å². The number of hydrogen-bond acceptors (Lipinski definition) is 6. The molecule has 3 N–H and O–H groups in total. The van der Waals surface area contributed by atoms with Crippen molar-refractivity contribution in [2.45, 2.75) is 6.42 Å². The molecule has 0 aliphatic carbocycles. The lowest BCUT2D eigenvalue weighted by molar-refractivity contribution is -0.124. The smallest absolute Gasteiger partial charge is 0.340 e. The highest BCUT2D eigenvalue weighted by Gasteiger charge is 2.13. The van der Waals surface area contributed by atoms with Crippen LogP contribution in [0.4, 0.5) is 5.69 Å². The maximum absolute atomic E-state index is 11.9. The number of nitrogens with zero attached hydrogens (tertiary/aromatic N) is 1. The van der Waals surface area contributed by atoms with Crippen LogP contribution >= 0.6 is 0 Å². The molecule has 21 heavy (non-hydrogen) atoms. The molecule has 0 radical (unpaired) electrons. The average molecular weight is 291 g/mol. The largest absolute Gasteiger partial charge is 0.452 e. The molecule has 0 aliphatic heterocycles. The lowest BCUT2D eigenvalue weighted by atomic mass is 10.2. The maximum atomic E-state index is 11.9. The van der Waals surface area contributed by atoms with Crippen LogP contribution in [0.25, 0.3) is 0 Å². The van der Waals surface area contributed by atoms with Gasteiger partial charge in [-0.3, -0.25) is 4.79 Å². The number of amides is 1.